The molecule has 0 aromatic heterocycles. The molecule has 9 nitrogen and oxygen atoms in total. The summed E-state index contributed by atoms with van der Waals surface area (Å²) in [5.74, 6) is 0.129. The summed E-state index contributed by atoms with van der Waals surface area (Å²) in [5.41, 5.74) is 1.67. The number of ether oxygens (including phenoxy) is 1. The number of hydrazone groups is 1. The van der Waals surface area contributed by atoms with Crippen LogP contribution in [-0.4, -0.2) is 26.9 Å². The van der Waals surface area contributed by atoms with Gasteiger partial charge in [0, 0.05) is 26.0 Å². The fraction of sp³-hybridized carbons (Fsp3) is 0.211. The second kappa shape index (κ2) is 8.74. The summed E-state index contributed by atoms with van der Waals surface area (Å²) >= 11 is 1.28. The van der Waals surface area contributed by atoms with Crippen LogP contribution in [0.1, 0.15) is 30.3 Å². The van der Waals surface area contributed by atoms with Crippen LogP contribution in [0.3, 0.4) is 0 Å². The molecule has 0 radical (unpaired) electrons. The Balaban J connectivity index is 1.64. The van der Waals surface area contributed by atoms with Gasteiger partial charge in [0.25, 0.3) is 5.69 Å². The Hall–Kier alpha value is -3.40. The number of rotatable bonds is 5. The van der Waals surface area contributed by atoms with E-state index in [0.29, 0.717) is 10.9 Å². The van der Waals surface area contributed by atoms with E-state index in [4.69, 9.17) is 4.74 Å². The molecule has 0 saturated heterocycles. The molecule has 150 valence electrons. The van der Waals surface area contributed by atoms with Crippen LogP contribution >= 0.6 is 11.8 Å². The Morgan fingerprint density at radius 2 is 1.83 bits per heavy atom. The van der Waals surface area contributed by atoms with Gasteiger partial charge in [0.1, 0.15) is 17.7 Å². The number of amides is 2. The van der Waals surface area contributed by atoms with Gasteiger partial charge in [-0.25, -0.2) is 5.01 Å². The fourth-order valence-electron chi connectivity index (χ4n) is 2.59. The third-order valence-electron chi connectivity index (χ3n) is 3.97. The van der Waals surface area contributed by atoms with Crippen molar-refractivity contribution in [3.05, 3.63) is 69.8 Å². The zero-order valence-electron chi connectivity index (χ0n) is 15.7. The zero-order valence-corrected chi connectivity index (χ0v) is 16.5. The first-order chi connectivity index (χ1) is 13.8. The number of nitrogens with one attached hydrogen (secondary N) is 1. The van der Waals surface area contributed by atoms with Crippen LogP contribution in [0.15, 0.2) is 53.6 Å². The summed E-state index contributed by atoms with van der Waals surface area (Å²) in [5, 5.41) is 18.8. The summed E-state index contributed by atoms with van der Waals surface area (Å²) in [4.78, 5) is 33.4. The van der Waals surface area contributed by atoms with Crippen molar-refractivity contribution < 1.29 is 19.2 Å². The van der Waals surface area contributed by atoms with E-state index in [1.807, 2.05) is 12.1 Å². The second-order valence-electron chi connectivity index (χ2n) is 6.20. The van der Waals surface area contributed by atoms with E-state index in [2.05, 4.69) is 10.4 Å². The SMILES string of the molecule is CC(=O)NC1=NN(C(C)=O)[C@H](c2ccc(OCc3ccc([N+](=O)[O-])cc3)cc2)S1. The summed E-state index contributed by atoms with van der Waals surface area (Å²) in [7, 11) is 0. The molecule has 29 heavy (non-hydrogen) atoms. The van der Waals surface area contributed by atoms with Crippen molar-refractivity contribution in [2.75, 3.05) is 0 Å². The molecule has 2 aromatic rings. The minimum absolute atomic E-state index is 0.0306. The molecule has 1 aliphatic heterocycles. The molecule has 0 bridgehead atoms. The number of carbonyl (C=O) groups is 2. The summed E-state index contributed by atoms with van der Waals surface area (Å²) in [6.07, 6.45) is 0. The smallest absolute Gasteiger partial charge is 0.269 e. The highest BCUT2D eigenvalue weighted by Crippen LogP contribution is 2.39. The van der Waals surface area contributed by atoms with Crippen molar-refractivity contribution in [2.45, 2.75) is 25.8 Å². The summed E-state index contributed by atoms with van der Waals surface area (Å²) in [6, 6.07) is 13.4. The molecule has 0 spiro atoms. The van der Waals surface area contributed by atoms with Crippen molar-refractivity contribution in [1.82, 2.24) is 10.3 Å². The normalized spacial score (nSPS) is 15.6. The van der Waals surface area contributed by atoms with Crippen LogP contribution in [0.25, 0.3) is 0 Å². The number of non-ortho nitro benzene ring substituents is 1. The van der Waals surface area contributed by atoms with Gasteiger partial charge in [-0.1, -0.05) is 23.9 Å². The third-order valence-corrected chi connectivity index (χ3v) is 5.07. The number of hydrogen-bond acceptors (Lipinski definition) is 7. The van der Waals surface area contributed by atoms with Crippen LogP contribution in [0, 0.1) is 10.1 Å². The van der Waals surface area contributed by atoms with E-state index >= 15 is 0 Å². The Kier molecular flexibility index (Phi) is 6.13. The number of carbonyl (C=O) groups excluding carboxylic acids is 2. The molecule has 0 saturated carbocycles. The predicted molar refractivity (Wildman–Crippen MR) is 108 cm³/mol. The molecule has 0 aliphatic carbocycles. The van der Waals surface area contributed by atoms with E-state index < -0.39 is 4.92 Å². The lowest BCUT2D eigenvalue weighted by Crippen LogP contribution is -2.25. The van der Waals surface area contributed by atoms with Gasteiger partial charge < -0.3 is 10.1 Å². The van der Waals surface area contributed by atoms with Gasteiger partial charge in [-0.2, -0.15) is 0 Å². The van der Waals surface area contributed by atoms with E-state index in [-0.39, 0.29) is 29.5 Å². The van der Waals surface area contributed by atoms with Crippen molar-refractivity contribution >= 4 is 34.4 Å². The minimum Gasteiger partial charge on any atom is -0.489 e. The molecule has 1 aliphatic rings. The third kappa shape index (κ3) is 5.11. The summed E-state index contributed by atoms with van der Waals surface area (Å²) < 4.78 is 5.72. The van der Waals surface area contributed by atoms with Crippen LogP contribution in [-0.2, 0) is 16.2 Å². The number of nitro benzene ring substituents is 1. The number of nitrogens with zero attached hydrogens (tertiary/aromatic N) is 3. The van der Waals surface area contributed by atoms with Crippen LogP contribution in [0.4, 0.5) is 5.69 Å². The Bertz CT molecular complexity index is 960. The maximum atomic E-state index is 11.9. The highest BCUT2D eigenvalue weighted by molar-refractivity contribution is 8.14. The van der Waals surface area contributed by atoms with Gasteiger partial charge in [0.05, 0.1) is 4.92 Å². The average Bonchev–Trinajstić information content (AvgIpc) is 3.10. The van der Waals surface area contributed by atoms with E-state index in [9.17, 15) is 19.7 Å². The predicted octanol–water partition coefficient (Wildman–Crippen LogP) is 3.17. The zero-order chi connectivity index (χ0) is 21.0. The second-order valence-corrected chi connectivity index (χ2v) is 7.27. The highest BCUT2D eigenvalue weighted by atomic mass is 32.2. The molecule has 2 aromatic carbocycles. The quantitative estimate of drug-likeness (QED) is 0.594. The van der Waals surface area contributed by atoms with Gasteiger partial charge >= 0.3 is 0 Å². The number of hydrogen-bond donors (Lipinski definition) is 1. The lowest BCUT2D eigenvalue weighted by Gasteiger charge is -2.19. The lowest BCUT2D eigenvalue weighted by molar-refractivity contribution is -0.384. The number of nitro groups is 1. The topological polar surface area (TPSA) is 114 Å². The van der Waals surface area contributed by atoms with Gasteiger partial charge in [-0.05, 0) is 35.4 Å². The van der Waals surface area contributed by atoms with Crippen LogP contribution in [0.5, 0.6) is 5.75 Å². The molecule has 0 unspecified atom stereocenters. The molecule has 3 rings (SSSR count). The maximum absolute atomic E-state index is 11.9. The minimum atomic E-state index is -0.449. The van der Waals surface area contributed by atoms with Gasteiger partial charge in [-0.3, -0.25) is 19.7 Å². The van der Waals surface area contributed by atoms with Crippen molar-refractivity contribution in [3.63, 3.8) is 0 Å². The molecule has 0 fully saturated rings. The molecular weight excluding hydrogens is 396 g/mol. The molecule has 1 heterocycles. The number of benzene rings is 2. The lowest BCUT2D eigenvalue weighted by atomic mass is 10.2. The van der Waals surface area contributed by atoms with Crippen LogP contribution < -0.4 is 10.1 Å². The van der Waals surface area contributed by atoms with E-state index in [0.717, 1.165) is 11.1 Å². The van der Waals surface area contributed by atoms with E-state index in [1.54, 1.807) is 24.3 Å². The Morgan fingerprint density at radius 3 is 2.38 bits per heavy atom. The molecule has 1 atom stereocenters. The highest BCUT2D eigenvalue weighted by Gasteiger charge is 2.32. The van der Waals surface area contributed by atoms with Crippen molar-refractivity contribution in [1.29, 1.82) is 0 Å². The first-order valence-electron chi connectivity index (χ1n) is 8.62. The number of amidine groups is 1. The number of thioether (sulfide) groups is 1. The average molecular weight is 414 g/mol. The standard InChI is InChI=1S/C19H18N4O5S/c1-12(24)20-19-21-22(13(2)25)18(29-19)15-5-9-17(10-6-15)28-11-14-3-7-16(8-4-14)23(26)27/h3-10,18H,11H2,1-2H3,(H,20,21,24)/t18-/m0/s1. The van der Waals surface area contributed by atoms with Crippen molar-refractivity contribution in [2.24, 2.45) is 5.10 Å². The first-order valence-corrected chi connectivity index (χ1v) is 9.50. The summed E-state index contributed by atoms with van der Waals surface area (Å²) in [6.45, 7) is 3.06. The molecular formula is C19H18N4O5S. The van der Waals surface area contributed by atoms with Gasteiger partial charge in [-0.15, -0.1) is 5.10 Å². The van der Waals surface area contributed by atoms with Gasteiger partial charge in [0.15, 0.2) is 5.17 Å². The molecule has 1 N–H and O–H groups in total. The van der Waals surface area contributed by atoms with E-state index in [1.165, 1.54) is 42.8 Å². The Morgan fingerprint density at radius 1 is 1.17 bits per heavy atom. The monoisotopic (exact) mass is 414 g/mol. The maximum Gasteiger partial charge on any atom is 0.269 e. The van der Waals surface area contributed by atoms with Gasteiger partial charge in [0.2, 0.25) is 11.8 Å². The Labute approximate surface area is 170 Å². The van der Waals surface area contributed by atoms with Crippen molar-refractivity contribution in [3.8, 4) is 5.75 Å². The molecule has 2 amide bonds. The molecule has 10 heteroatoms. The fourth-order valence-corrected chi connectivity index (χ4v) is 3.73. The first kappa shape index (κ1) is 20.3. The van der Waals surface area contributed by atoms with Crippen LogP contribution in [0.2, 0.25) is 0 Å². The largest absolute Gasteiger partial charge is 0.489 e.